The molecule has 2 N–H and O–H groups in total. The quantitative estimate of drug-likeness (QED) is 0.827. The average molecular weight is 398 g/mol. The van der Waals surface area contributed by atoms with E-state index >= 15 is 0 Å². The van der Waals surface area contributed by atoms with Gasteiger partial charge in [0.1, 0.15) is 0 Å². The highest BCUT2D eigenvalue weighted by atomic mass is 16.5. The third kappa shape index (κ3) is 2.71. The zero-order valence-corrected chi connectivity index (χ0v) is 16.9. The van der Waals surface area contributed by atoms with Crippen molar-refractivity contribution in [2.45, 2.75) is 31.9 Å². The molecule has 1 aromatic heterocycles. The summed E-state index contributed by atoms with van der Waals surface area (Å²) in [5.41, 5.74) is 3.94. The molecule has 29 heavy (non-hydrogen) atoms. The number of nitrogens with zero attached hydrogens (tertiary/aromatic N) is 1. The van der Waals surface area contributed by atoms with E-state index in [-0.39, 0.29) is 24.0 Å². The summed E-state index contributed by atoms with van der Waals surface area (Å²) in [6, 6.07) is 4.21. The zero-order chi connectivity index (χ0) is 20.3. The van der Waals surface area contributed by atoms with E-state index in [1.165, 1.54) is 17.5 Å². The number of benzene rings is 1. The molecule has 4 heterocycles. The number of carbonyl (C=O) groups is 1. The van der Waals surface area contributed by atoms with E-state index < -0.39 is 5.97 Å². The molecule has 3 aliphatic rings. The SMILES string of the molecule is COc1cc2[nH]c3c(c2cc1OC)CCN1CC2C(C[C@H]31)C(C(=O)O)=CO[C@H]2C. The Hall–Kier alpha value is -2.67. The Morgan fingerprint density at radius 1 is 1.28 bits per heavy atom. The second kappa shape index (κ2) is 6.69. The molecular weight excluding hydrogens is 372 g/mol. The monoisotopic (exact) mass is 398 g/mol. The molecule has 7 heteroatoms. The summed E-state index contributed by atoms with van der Waals surface area (Å²) in [5, 5.41) is 10.8. The van der Waals surface area contributed by atoms with Crippen LogP contribution in [0.4, 0.5) is 0 Å². The average Bonchev–Trinajstić information content (AvgIpc) is 3.09. The minimum Gasteiger partial charge on any atom is -0.497 e. The van der Waals surface area contributed by atoms with Gasteiger partial charge in [0, 0.05) is 47.6 Å². The predicted octanol–water partition coefficient (Wildman–Crippen LogP) is 3.11. The minimum atomic E-state index is -0.873. The molecule has 7 nitrogen and oxygen atoms in total. The van der Waals surface area contributed by atoms with E-state index in [0.717, 1.165) is 42.6 Å². The van der Waals surface area contributed by atoms with E-state index in [1.54, 1.807) is 14.2 Å². The van der Waals surface area contributed by atoms with E-state index in [4.69, 9.17) is 14.2 Å². The minimum absolute atomic E-state index is 0.000987. The van der Waals surface area contributed by atoms with Crippen LogP contribution in [0.15, 0.2) is 24.0 Å². The molecule has 0 amide bonds. The van der Waals surface area contributed by atoms with Crippen molar-refractivity contribution in [3.05, 3.63) is 35.2 Å². The summed E-state index contributed by atoms with van der Waals surface area (Å²) in [5.74, 6) is 0.755. The largest absolute Gasteiger partial charge is 0.497 e. The summed E-state index contributed by atoms with van der Waals surface area (Å²) < 4.78 is 16.6. The highest BCUT2D eigenvalue weighted by Gasteiger charge is 2.46. The van der Waals surface area contributed by atoms with Gasteiger partial charge >= 0.3 is 5.97 Å². The number of fused-ring (bicyclic) bond motifs is 6. The van der Waals surface area contributed by atoms with Gasteiger partial charge in [-0.05, 0) is 31.4 Å². The van der Waals surface area contributed by atoms with Crippen molar-refractivity contribution in [1.82, 2.24) is 9.88 Å². The van der Waals surface area contributed by atoms with Gasteiger partial charge in [0.15, 0.2) is 11.5 Å². The summed E-state index contributed by atoms with van der Waals surface area (Å²) in [7, 11) is 3.29. The van der Waals surface area contributed by atoms with E-state index in [2.05, 4.69) is 9.88 Å². The molecular formula is C22H26N2O5. The van der Waals surface area contributed by atoms with E-state index in [1.807, 2.05) is 19.1 Å². The van der Waals surface area contributed by atoms with Crippen LogP contribution in [0.3, 0.4) is 0 Å². The number of piperidine rings is 1. The number of hydrogen-bond acceptors (Lipinski definition) is 5. The number of rotatable bonds is 3. The van der Waals surface area contributed by atoms with Crippen LogP contribution in [-0.4, -0.2) is 54.4 Å². The predicted molar refractivity (Wildman–Crippen MR) is 107 cm³/mol. The lowest BCUT2D eigenvalue weighted by atomic mass is 9.72. The lowest BCUT2D eigenvalue weighted by Gasteiger charge is -2.49. The number of aliphatic carboxylic acids is 1. The molecule has 0 radical (unpaired) electrons. The third-order valence-corrected chi connectivity index (χ3v) is 6.96. The summed E-state index contributed by atoms with van der Waals surface area (Å²) in [4.78, 5) is 17.9. The van der Waals surface area contributed by atoms with Gasteiger partial charge in [-0.3, -0.25) is 4.90 Å². The molecule has 154 valence electrons. The van der Waals surface area contributed by atoms with Crippen molar-refractivity contribution in [3.63, 3.8) is 0 Å². The first-order valence-corrected chi connectivity index (χ1v) is 10.1. The van der Waals surface area contributed by atoms with Crippen LogP contribution < -0.4 is 9.47 Å². The summed E-state index contributed by atoms with van der Waals surface area (Å²) >= 11 is 0. The van der Waals surface area contributed by atoms with E-state index in [9.17, 15) is 9.90 Å². The fraction of sp³-hybridized carbons (Fsp3) is 0.500. The van der Waals surface area contributed by atoms with Crippen LogP contribution in [0, 0.1) is 11.8 Å². The zero-order valence-electron chi connectivity index (χ0n) is 16.9. The van der Waals surface area contributed by atoms with Gasteiger partial charge in [0.25, 0.3) is 0 Å². The van der Waals surface area contributed by atoms with Crippen LogP contribution in [-0.2, 0) is 16.0 Å². The van der Waals surface area contributed by atoms with Crippen molar-refractivity contribution >= 4 is 16.9 Å². The molecule has 0 saturated carbocycles. The molecule has 1 aromatic carbocycles. The van der Waals surface area contributed by atoms with Gasteiger partial charge in [-0.25, -0.2) is 4.79 Å². The maximum atomic E-state index is 11.8. The van der Waals surface area contributed by atoms with Gasteiger partial charge in [-0.15, -0.1) is 0 Å². The molecule has 1 fully saturated rings. The first-order valence-electron chi connectivity index (χ1n) is 10.1. The Labute approximate surface area is 169 Å². The van der Waals surface area contributed by atoms with Crippen LogP contribution in [0.5, 0.6) is 11.5 Å². The Bertz CT molecular complexity index is 1010. The first-order chi connectivity index (χ1) is 14.0. The highest BCUT2D eigenvalue weighted by Crippen LogP contribution is 2.48. The van der Waals surface area contributed by atoms with Crippen molar-refractivity contribution in [1.29, 1.82) is 0 Å². The molecule has 4 atom stereocenters. The fourth-order valence-electron chi connectivity index (χ4n) is 5.46. The number of ether oxygens (including phenoxy) is 3. The fourth-order valence-corrected chi connectivity index (χ4v) is 5.46. The van der Waals surface area contributed by atoms with Crippen molar-refractivity contribution in [2.75, 3.05) is 27.3 Å². The number of H-pyrrole nitrogens is 1. The number of nitrogens with one attached hydrogen (secondary N) is 1. The van der Waals surface area contributed by atoms with E-state index in [0.29, 0.717) is 11.3 Å². The Morgan fingerprint density at radius 3 is 2.76 bits per heavy atom. The van der Waals surface area contributed by atoms with Crippen LogP contribution in [0.1, 0.15) is 30.6 Å². The number of hydrogen-bond donors (Lipinski definition) is 2. The number of carboxylic acid groups (broad SMARTS) is 1. The number of aromatic nitrogens is 1. The molecule has 5 rings (SSSR count). The lowest BCUT2D eigenvalue weighted by molar-refractivity contribution is -0.135. The molecule has 0 aliphatic carbocycles. The van der Waals surface area contributed by atoms with Crippen LogP contribution in [0.2, 0.25) is 0 Å². The highest BCUT2D eigenvalue weighted by molar-refractivity contribution is 5.89. The topological polar surface area (TPSA) is 84.0 Å². The molecule has 0 spiro atoms. The van der Waals surface area contributed by atoms with Gasteiger partial charge in [0.2, 0.25) is 0 Å². The molecule has 2 unspecified atom stereocenters. The van der Waals surface area contributed by atoms with Gasteiger partial charge in [-0.1, -0.05) is 0 Å². The normalized spacial score (nSPS) is 28.6. The maximum Gasteiger partial charge on any atom is 0.334 e. The van der Waals surface area contributed by atoms with Crippen LogP contribution in [0.25, 0.3) is 10.9 Å². The summed E-state index contributed by atoms with van der Waals surface area (Å²) in [6.07, 6.45) is 3.23. The van der Waals surface area contributed by atoms with Gasteiger partial charge in [0.05, 0.1) is 38.2 Å². The van der Waals surface area contributed by atoms with Crippen molar-refractivity contribution in [3.8, 4) is 11.5 Å². The molecule has 0 bridgehead atoms. The summed E-state index contributed by atoms with van der Waals surface area (Å²) in [6.45, 7) is 3.85. The number of aromatic amines is 1. The third-order valence-electron chi connectivity index (χ3n) is 6.96. The molecule has 1 saturated heterocycles. The Morgan fingerprint density at radius 2 is 2.03 bits per heavy atom. The van der Waals surface area contributed by atoms with Gasteiger partial charge in [-0.2, -0.15) is 0 Å². The van der Waals surface area contributed by atoms with Gasteiger partial charge < -0.3 is 24.3 Å². The number of carboxylic acids is 1. The molecule has 2 aromatic rings. The smallest absolute Gasteiger partial charge is 0.334 e. The lowest BCUT2D eigenvalue weighted by Crippen LogP contribution is -2.51. The Balaban J connectivity index is 1.57. The Kier molecular flexibility index (Phi) is 4.24. The molecule has 3 aliphatic heterocycles. The second-order valence-corrected chi connectivity index (χ2v) is 8.26. The number of methoxy groups -OCH3 is 2. The van der Waals surface area contributed by atoms with Crippen molar-refractivity contribution in [2.24, 2.45) is 11.8 Å². The first kappa shape index (κ1) is 18.4. The standard InChI is InChI=1S/C22H26N2O5/c1-11-15-9-24-5-4-12-14-7-19(27-2)20(28-3)8-17(14)23-21(12)18(24)6-13(15)16(10-29-11)22(25)26/h7-8,10-11,13,15,18,23H,4-6,9H2,1-3H3,(H,25,26)/t11-,13?,15?,18+/m0/s1. The van der Waals surface area contributed by atoms with Crippen molar-refractivity contribution < 1.29 is 24.1 Å². The van der Waals surface area contributed by atoms with Crippen LogP contribution >= 0.6 is 0 Å². The maximum absolute atomic E-state index is 11.8. The second-order valence-electron chi connectivity index (χ2n) is 8.26.